The summed E-state index contributed by atoms with van der Waals surface area (Å²) < 4.78 is 5.01. The van der Waals surface area contributed by atoms with Gasteiger partial charge in [-0.3, -0.25) is 0 Å². The number of nitrogens with one attached hydrogen (secondary N) is 1. The fraction of sp³-hybridized carbons (Fsp3) is 1.00. The third-order valence-electron chi connectivity index (χ3n) is 1.88. The molecule has 0 bridgehead atoms. The van der Waals surface area contributed by atoms with Crippen LogP contribution in [0.15, 0.2) is 0 Å². The maximum Gasteiger partial charge on any atom is 0.0470 e. The molecule has 1 unspecified atom stereocenters. The lowest BCUT2D eigenvalue weighted by Crippen LogP contribution is -2.26. The van der Waals surface area contributed by atoms with Crippen molar-refractivity contribution >= 4 is 11.8 Å². The quantitative estimate of drug-likeness (QED) is 0.602. The van der Waals surface area contributed by atoms with Crippen molar-refractivity contribution in [1.29, 1.82) is 0 Å². The van der Waals surface area contributed by atoms with Crippen molar-refractivity contribution in [3.8, 4) is 0 Å². The Balaban J connectivity index is 3.15. The van der Waals surface area contributed by atoms with Crippen molar-refractivity contribution in [1.82, 2.24) is 5.32 Å². The molecule has 0 amide bonds. The molecule has 0 radical (unpaired) electrons. The first-order valence-corrected chi connectivity index (χ1v) is 6.53. The molecule has 0 fully saturated rings. The van der Waals surface area contributed by atoms with Crippen LogP contribution in [0.4, 0.5) is 0 Å². The molecular weight excluding hydrogens is 194 g/mol. The minimum absolute atomic E-state index is 0.714. The van der Waals surface area contributed by atoms with Crippen LogP contribution in [0.3, 0.4) is 0 Å². The zero-order chi connectivity index (χ0) is 10.8. The maximum absolute atomic E-state index is 5.01. The molecule has 1 N–H and O–H groups in total. The monoisotopic (exact) mass is 219 g/mol. The molecule has 0 aliphatic carbocycles. The van der Waals surface area contributed by atoms with Crippen LogP contribution in [0.5, 0.6) is 0 Å². The van der Waals surface area contributed by atoms with Crippen molar-refractivity contribution < 1.29 is 4.74 Å². The molecule has 0 aromatic carbocycles. The van der Waals surface area contributed by atoms with Gasteiger partial charge in [0.15, 0.2) is 0 Å². The van der Waals surface area contributed by atoms with Gasteiger partial charge >= 0.3 is 0 Å². The predicted molar refractivity (Wildman–Crippen MR) is 66.1 cm³/mol. The zero-order valence-electron chi connectivity index (χ0n) is 10.0. The van der Waals surface area contributed by atoms with Crippen LogP contribution in [0.25, 0.3) is 0 Å². The van der Waals surface area contributed by atoms with Crippen LogP contribution in [0, 0.1) is 5.92 Å². The lowest BCUT2D eigenvalue weighted by molar-refractivity contribution is 0.200. The number of ether oxygens (including phenoxy) is 1. The molecule has 0 saturated heterocycles. The van der Waals surface area contributed by atoms with Crippen LogP contribution < -0.4 is 5.32 Å². The lowest BCUT2D eigenvalue weighted by Gasteiger charge is -2.13. The van der Waals surface area contributed by atoms with Crippen molar-refractivity contribution in [2.75, 3.05) is 32.6 Å². The molecule has 14 heavy (non-hydrogen) atoms. The maximum atomic E-state index is 5.01. The first-order valence-electron chi connectivity index (χ1n) is 5.48. The number of rotatable bonds is 9. The van der Waals surface area contributed by atoms with E-state index < -0.39 is 0 Å². The molecule has 0 aliphatic heterocycles. The molecule has 86 valence electrons. The highest BCUT2D eigenvalue weighted by atomic mass is 32.2. The molecule has 2 nitrogen and oxygen atoms in total. The van der Waals surface area contributed by atoms with E-state index in [1.165, 1.54) is 5.75 Å². The third-order valence-corrected chi connectivity index (χ3v) is 3.14. The summed E-state index contributed by atoms with van der Waals surface area (Å²) in [7, 11) is 1.76. The van der Waals surface area contributed by atoms with E-state index in [0.29, 0.717) is 5.25 Å². The van der Waals surface area contributed by atoms with Gasteiger partial charge in [0.05, 0.1) is 0 Å². The summed E-state index contributed by atoms with van der Waals surface area (Å²) >= 11 is 2.03. The summed E-state index contributed by atoms with van der Waals surface area (Å²) in [6, 6.07) is 0. The third kappa shape index (κ3) is 10.4. The van der Waals surface area contributed by atoms with Gasteiger partial charge in [-0.1, -0.05) is 20.8 Å². The highest BCUT2D eigenvalue weighted by Crippen LogP contribution is 2.10. The topological polar surface area (TPSA) is 21.3 Å². The standard InChI is InChI=1S/C11H25NOS/c1-10(2)8-12-9-11(3)14-7-5-6-13-4/h10-12H,5-9H2,1-4H3. The smallest absolute Gasteiger partial charge is 0.0470 e. The van der Waals surface area contributed by atoms with Gasteiger partial charge in [0, 0.05) is 25.5 Å². The second-order valence-electron chi connectivity index (χ2n) is 4.08. The Hall–Kier alpha value is 0.270. The highest BCUT2D eigenvalue weighted by molar-refractivity contribution is 7.99. The Kier molecular flexibility index (Phi) is 10.0. The summed E-state index contributed by atoms with van der Waals surface area (Å²) in [5.41, 5.74) is 0. The van der Waals surface area contributed by atoms with Crippen molar-refractivity contribution in [2.45, 2.75) is 32.4 Å². The van der Waals surface area contributed by atoms with E-state index in [-0.39, 0.29) is 0 Å². The van der Waals surface area contributed by atoms with Crippen LogP contribution >= 0.6 is 11.8 Å². The first kappa shape index (κ1) is 14.3. The molecule has 0 aromatic rings. The first-order chi connectivity index (χ1) is 6.66. The van der Waals surface area contributed by atoms with Crippen molar-refractivity contribution in [2.24, 2.45) is 5.92 Å². The fourth-order valence-corrected chi connectivity index (χ4v) is 2.04. The van der Waals surface area contributed by atoms with Crippen LogP contribution in [0.2, 0.25) is 0 Å². The summed E-state index contributed by atoms with van der Waals surface area (Å²) in [4.78, 5) is 0. The van der Waals surface area contributed by atoms with E-state index in [2.05, 4.69) is 26.1 Å². The summed E-state index contributed by atoms with van der Waals surface area (Å²) in [5.74, 6) is 1.96. The lowest BCUT2D eigenvalue weighted by atomic mass is 10.2. The van der Waals surface area contributed by atoms with Gasteiger partial charge in [-0.05, 0) is 24.6 Å². The summed E-state index contributed by atoms with van der Waals surface area (Å²) in [6.45, 7) is 9.90. The Bertz CT molecular complexity index is 120. The minimum atomic E-state index is 0.714. The summed E-state index contributed by atoms with van der Waals surface area (Å²) in [5, 5.41) is 4.19. The Morgan fingerprint density at radius 3 is 2.50 bits per heavy atom. The minimum Gasteiger partial charge on any atom is -0.385 e. The predicted octanol–water partition coefficient (Wildman–Crippen LogP) is 2.39. The van der Waals surface area contributed by atoms with Crippen LogP contribution in [0.1, 0.15) is 27.2 Å². The molecule has 0 heterocycles. The fourth-order valence-electron chi connectivity index (χ4n) is 1.12. The van der Waals surface area contributed by atoms with Crippen LogP contribution in [-0.2, 0) is 4.74 Å². The van der Waals surface area contributed by atoms with Crippen molar-refractivity contribution in [3.63, 3.8) is 0 Å². The number of methoxy groups -OCH3 is 1. The molecule has 1 atom stereocenters. The second-order valence-corrected chi connectivity index (χ2v) is 5.63. The van der Waals surface area contributed by atoms with Crippen molar-refractivity contribution in [3.05, 3.63) is 0 Å². The van der Waals surface area contributed by atoms with Gasteiger partial charge in [0.1, 0.15) is 0 Å². The molecule has 3 heteroatoms. The molecule has 0 aromatic heterocycles. The molecule has 0 aliphatic rings. The average Bonchev–Trinajstić information content (AvgIpc) is 2.12. The number of hydrogen-bond donors (Lipinski definition) is 1. The van der Waals surface area contributed by atoms with E-state index in [9.17, 15) is 0 Å². The van der Waals surface area contributed by atoms with Gasteiger partial charge in [-0.2, -0.15) is 11.8 Å². The van der Waals surface area contributed by atoms with E-state index >= 15 is 0 Å². The zero-order valence-corrected chi connectivity index (χ0v) is 10.8. The largest absolute Gasteiger partial charge is 0.385 e. The average molecular weight is 219 g/mol. The van der Waals surface area contributed by atoms with E-state index in [4.69, 9.17) is 4.74 Å². The SMILES string of the molecule is COCCCSC(C)CNCC(C)C. The molecule has 0 saturated carbocycles. The second kappa shape index (κ2) is 9.81. The van der Waals surface area contributed by atoms with E-state index in [0.717, 1.165) is 32.0 Å². The Morgan fingerprint density at radius 1 is 1.21 bits per heavy atom. The van der Waals surface area contributed by atoms with E-state index in [1.54, 1.807) is 7.11 Å². The molecular formula is C11H25NOS. The molecule has 0 rings (SSSR count). The van der Waals surface area contributed by atoms with Gasteiger partial charge in [0.2, 0.25) is 0 Å². The Morgan fingerprint density at radius 2 is 1.93 bits per heavy atom. The van der Waals surface area contributed by atoms with Gasteiger partial charge < -0.3 is 10.1 Å². The van der Waals surface area contributed by atoms with Gasteiger partial charge in [-0.25, -0.2) is 0 Å². The molecule has 0 spiro atoms. The van der Waals surface area contributed by atoms with Gasteiger partial charge in [-0.15, -0.1) is 0 Å². The highest BCUT2D eigenvalue weighted by Gasteiger charge is 2.02. The number of hydrogen-bond acceptors (Lipinski definition) is 3. The van der Waals surface area contributed by atoms with Gasteiger partial charge in [0.25, 0.3) is 0 Å². The van der Waals surface area contributed by atoms with E-state index in [1.807, 2.05) is 11.8 Å². The van der Waals surface area contributed by atoms with Crippen LogP contribution in [-0.4, -0.2) is 37.8 Å². The Labute approximate surface area is 93.2 Å². The normalized spacial score (nSPS) is 13.5. The number of thioether (sulfide) groups is 1. The summed E-state index contributed by atoms with van der Waals surface area (Å²) in [6.07, 6.45) is 1.16.